The van der Waals surface area contributed by atoms with Crippen molar-refractivity contribution in [3.05, 3.63) is 48.3 Å². The Hall–Kier alpha value is -3.24. The minimum atomic E-state index is -4.25. The van der Waals surface area contributed by atoms with Gasteiger partial charge in [0, 0.05) is 19.2 Å². The minimum absolute atomic E-state index is 0.00688. The summed E-state index contributed by atoms with van der Waals surface area (Å²) in [6.45, 7) is 0.0288. The number of pyridine rings is 1. The van der Waals surface area contributed by atoms with E-state index in [9.17, 15) is 22.4 Å². The lowest BCUT2D eigenvalue weighted by atomic mass is 10.1. The van der Waals surface area contributed by atoms with Gasteiger partial charge in [-0.1, -0.05) is 0 Å². The molecule has 1 aliphatic heterocycles. The standard InChI is InChI=1S/C17H14F4N6O/c18-11-5-12(7-22-6-11)24-16(28)13-8-23-14-1-2-15(25-27(13)14)26-4-3-10(9-26)17(19,20)21/h1-2,5-8,10H,3-4,9H2,(H,24,28). The number of amides is 1. The summed E-state index contributed by atoms with van der Waals surface area (Å²) in [5.41, 5.74) is 0.578. The van der Waals surface area contributed by atoms with Gasteiger partial charge in [-0.25, -0.2) is 13.9 Å². The molecule has 0 aromatic carbocycles. The van der Waals surface area contributed by atoms with Crippen molar-refractivity contribution in [1.82, 2.24) is 19.6 Å². The van der Waals surface area contributed by atoms with Gasteiger partial charge >= 0.3 is 6.18 Å². The van der Waals surface area contributed by atoms with Crippen LogP contribution in [-0.2, 0) is 0 Å². The van der Waals surface area contributed by atoms with Crippen molar-refractivity contribution in [2.24, 2.45) is 5.92 Å². The van der Waals surface area contributed by atoms with Crippen LogP contribution < -0.4 is 10.2 Å². The Balaban J connectivity index is 1.59. The van der Waals surface area contributed by atoms with Gasteiger partial charge in [-0.3, -0.25) is 9.78 Å². The lowest BCUT2D eigenvalue weighted by Crippen LogP contribution is -2.28. The average Bonchev–Trinajstić information content (AvgIpc) is 3.28. The van der Waals surface area contributed by atoms with Crippen LogP contribution in [0.25, 0.3) is 5.65 Å². The number of hydrogen-bond acceptors (Lipinski definition) is 5. The van der Waals surface area contributed by atoms with Gasteiger partial charge in [0.2, 0.25) is 0 Å². The van der Waals surface area contributed by atoms with Crippen molar-refractivity contribution in [2.75, 3.05) is 23.3 Å². The van der Waals surface area contributed by atoms with E-state index in [2.05, 4.69) is 20.4 Å². The Morgan fingerprint density at radius 1 is 1.21 bits per heavy atom. The van der Waals surface area contributed by atoms with E-state index in [1.807, 2.05) is 0 Å². The molecule has 1 saturated heterocycles. The SMILES string of the molecule is O=C(Nc1cncc(F)c1)c1cnc2ccc(N3CCC(C(F)(F)F)C3)nn12. The molecule has 1 unspecified atom stereocenters. The lowest BCUT2D eigenvalue weighted by molar-refractivity contribution is -0.168. The van der Waals surface area contributed by atoms with Gasteiger partial charge < -0.3 is 10.2 Å². The summed E-state index contributed by atoms with van der Waals surface area (Å²) in [5, 5.41) is 6.76. The number of carbonyl (C=O) groups is 1. The Labute approximate surface area is 156 Å². The lowest BCUT2D eigenvalue weighted by Gasteiger charge is -2.18. The molecule has 11 heteroatoms. The maximum Gasteiger partial charge on any atom is 0.393 e. The van der Waals surface area contributed by atoms with Crippen LogP contribution in [0.15, 0.2) is 36.8 Å². The number of anilines is 2. The number of halogens is 4. The summed E-state index contributed by atoms with van der Waals surface area (Å²) in [6.07, 6.45) is -0.686. The summed E-state index contributed by atoms with van der Waals surface area (Å²) in [4.78, 5) is 21.7. The zero-order valence-electron chi connectivity index (χ0n) is 14.3. The Kier molecular flexibility index (Phi) is 4.36. The highest BCUT2D eigenvalue weighted by Crippen LogP contribution is 2.34. The van der Waals surface area contributed by atoms with Crippen molar-refractivity contribution in [3.8, 4) is 0 Å². The van der Waals surface area contributed by atoms with Gasteiger partial charge in [0.25, 0.3) is 5.91 Å². The summed E-state index contributed by atoms with van der Waals surface area (Å²) in [5.74, 6) is -2.29. The van der Waals surface area contributed by atoms with Crippen LogP contribution in [0, 0.1) is 11.7 Å². The van der Waals surface area contributed by atoms with E-state index in [4.69, 9.17) is 0 Å². The Morgan fingerprint density at radius 2 is 2.04 bits per heavy atom. The fourth-order valence-corrected chi connectivity index (χ4v) is 3.10. The first-order valence-corrected chi connectivity index (χ1v) is 8.39. The van der Waals surface area contributed by atoms with Crippen molar-refractivity contribution in [3.63, 3.8) is 0 Å². The van der Waals surface area contributed by atoms with E-state index in [-0.39, 0.29) is 30.9 Å². The van der Waals surface area contributed by atoms with Crippen LogP contribution in [0.2, 0.25) is 0 Å². The maximum absolute atomic E-state index is 13.2. The summed E-state index contributed by atoms with van der Waals surface area (Å²) in [7, 11) is 0. The van der Waals surface area contributed by atoms with E-state index in [1.165, 1.54) is 21.8 Å². The highest BCUT2D eigenvalue weighted by Gasteiger charge is 2.43. The monoisotopic (exact) mass is 394 g/mol. The minimum Gasteiger partial charge on any atom is -0.355 e. The van der Waals surface area contributed by atoms with Gasteiger partial charge in [0.05, 0.1) is 30.2 Å². The summed E-state index contributed by atoms with van der Waals surface area (Å²) < 4.78 is 53.2. The fourth-order valence-electron chi connectivity index (χ4n) is 3.10. The molecule has 3 aromatic heterocycles. The molecule has 4 heterocycles. The zero-order chi connectivity index (χ0) is 19.9. The van der Waals surface area contributed by atoms with Gasteiger partial charge in [0.15, 0.2) is 11.3 Å². The van der Waals surface area contributed by atoms with Crippen LogP contribution in [-0.4, -0.2) is 44.8 Å². The van der Waals surface area contributed by atoms with Gasteiger partial charge in [-0.05, 0) is 18.6 Å². The molecule has 0 bridgehead atoms. The van der Waals surface area contributed by atoms with Gasteiger partial charge in [-0.2, -0.15) is 13.2 Å². The molecular weight excluding hydrogens is 380 g/mol. The van der Waals surface area contributed by atoms with E-state index in [1.54, 1.807) is 12.1 Å². The first kappa shape index (κ1) is 18.1. The molecule has 1 N–H and O–H groups in total. The largest absolute Gasteiger partial charge is 0.393 e. The Bertz CT molecular complexity index is 1030. The van der Waals surface area contributed by atoms with Crippen LogP contribution in [0.1, 0.15) is 16.9 Å². The zero-order valence-corrected chi connectivity index (χ0v) is 14.3. The molecule has 1 atom stereocenters. The van der Waals surface area contributed by atoms with Crippen molar-refractivity contribution in [1.29, 1.82) is 0 Å². The van der Waals surface area contributed by atoms with E-state index in [0.717, 1.165) is 12.3 Å². The predicted octanol–water partition coefficient (Wildman–Crippen LogP) is 2.90. The second kappa shape index (κ2) is 6.73. The number of nitrogens with one attached hydrogen (secondary N) is 1. The topological polar surface area (TPSA) is 75.4 Å². The molecule has 0 spiro atoms. The number of carbonyl (C=O) groups excluding carboxylic acids is 1. The third-order valence-electron chi connectivity index (χ3n) is 4.52. The summed E-state index contributed by atoms with van der Waals surface area (Å²) in [6, 6.07) is 4.25. The normalized spacial score (nSPS) is 17.3. The molecule has 1 fully saturated rings. The molecule has 28 heavy (non-hydrogen) atoms. The molecule has 146 valence electrons. The first-order valence-electron chi connectivity index (χ1n) is 8.39. The average molecular weight is 394 g/mol. The number of hydrogen-bond donors (Lipinski definition) is 1. The summed E-state index contributed by atoms with van der Waals surface area (Å²) >= 11 is 0. The maximum atomic E-state index is 13.2. The number of alkyl halides is 3. The Morgan fingerprint density at radius 3 is 2.75 bits per heavy atom. The second-order valence-corrected chi connectivity index (χ2v) is 6.42. The number of aromatic nitrogens is 4. The number of nitrogens with zero attached hydrogens (tertiary/aromatic N) is 5. The highest BCUT2D eigenvalue weighted by molar-refractivity contribution is 6.03. The molecule has 0 aliphatic carbocycles. The molecule has 0 saturated carbocycles. The smallest absolute Gasteiger partial charge is 0.355 e. The third kappa shape index (κ3) is 3.47. The van der Waals surface area contributed by atoms with E-state index in [0.29, 0.717) is 11.5 Å². The predicted molar refractivity (Wildman–Crippen MR) is 91.5 cm³/mol. The molecule has 1 aliphatic rings. The van der Waals surface area contributed by atoms with Crippen molar-refractivity contribution < 1.29 is 22.4 Å². The molecule has 0 radical (unpaired) electrons. The molecule has 4 rings (SSSR count). The molecular formula is C17H14F4N6O. The van der Waals surface area contributed by atoms with Crippen LogP contribution in [0.3, 0.4) is 0 Å². The van der Waals surface area contributed by atoms with Crippen LogP contribution >= 0.6 is 0 Å². The highest BCUT2D eigenvalue weighted by atomic mass is 19.4. The third-order valence-corrected chi connectivity index (χ3v) is 4.52. The molecule has 3 aromatic rings. The van der Waals surface area contributed by atoms with Crippen molar-refractivity contribution in [2.45, 2.75) is 12.6 Å². The van der Waals surface area contributed by atoms with E-state index >= 15 is 0 Å². The second-order valence-electron chi connectivity index (χ2n) is 6.42. The quantitative estimate of drug-likeness (QED) is 0.692. The number of imidazole rings is 1. The number of rotatable bonds is 3. The van der Waals surface area contributed by atoms with Crippen LogP contribution in [0.5, 0.6) is 0 Å². The van der Waals surface area contributed by atoms with Crippen LogP contribution in [0.4, 0.5) is 29.1 Å². The van der Waals surface area contributed by atoms with Crippen molar-refractivity contribution >= 4 is 23.1 Å². The first-order chi connectivity index (χ1) is 13.3. The van der Waals surface area contributed by atoms with E-state index < -0.39 is 23.8 Å². The van der Waals surface area contributed by atoms with Gasteiger partial charge in [-0.15, -0.1) is 5.10 Å². The molecule has 1 amide bonds. The molecule has 7 nitrogen and oxygen atoms in total. The number of fused-ring (bicyclic) bond motifs is 1. The van der Waals surface area contributed by atoms with Gasteiger partial charge in [0.1, 0.15) is 11.6 Å². The fraction of sp³-hybridized carbons (Fsp3) is 0.294.